The molecule has 0 unspecified atom stereocenters. The maximum atomic E-state index is 6.10. The van der Waals surface area contributed by atoms with Gasteiger partial charge in [-0.25, -0.2) is 4.98 Å². The monoisotopic (exact) mass is 460 g/mol. The van der Waals surface area contributed by atoms with E-state index in [1.165, 1.54) is 11.3 Å². The highest BCUT2D eigenvalue weighted by Crippen LogP contribution is 2.34. The molecular formula is C20H11Cl3N4OS. The Morgan fingerprint density at radius 2 is 1.79 bits per heavy atom. The summed E-state index contributed by atoms with van der Waals surface area (Å²) >= 11 is 19.7. The Balaban J connectivity index is 1.56. The van der Waals surface area contributed by atoms with Crippen LogP contribution in [0, 0.1) is 0 Å². The normalized spacial score (nSPS) is 11.4. The lowest BCUT2D eigenvalue weighted by molar-refractivity contribution is 0.422. The number of fused-ring (bicyclic) bond motifs is 1. The molecule has 9 heteroatoms. The lowest BCUT2D eigenvalue weighted by Crippen LogP contribution is -1.92. The van der Waals surface area contributed by atoms with Crippen LogP contribution in [0.15, 0.2) is 58.6 Å². The summed E-state index contributed by atoms with van der Waals surface area (Å²) in [7, 11) is 0. The highest BCUT2D eigenvalue weighted by Gasteiger charge is 2.22. The van der Waals surface area contributed by atoms with Gasteiger partial charge in [0.25, 0.3) is 5.89 Å². The van der Waals surface area contributed by atoms with Crippen molar-refractivity contribution in [3.8, 4) is 22.8 Å². The van der Waals surface area contributed by atoms with Crippen LogP contribution in [-0.4, -0.2) is 19.5 Å². The summed E-state index contributed by atoms with van der Waals surface area (Å²) in [5.41, 5.74) is 3.37. The summed E-state index contributed by atoms with van der Waals surface area (Å²) in [5, 5.41) is 7.77. The number of thiazole rings is 1. The van der Waals surface area contributed by atoms with Gasteiger partial charge in [-0.1, -0.05) is 58.2 Å². The van der Waals surface area contributed by atoms with E-state index in [0.29, 0.717) is 33.2 Å². The van der Waals surface area contributed by atoms with Crippen LogP contribution in [0.5, 0.6) is 0 Å². The molecule has 0 aliphatic carbocycles. The van der Waals surface area contributed by atoms with Crippen molar-refractivity contribution in [2.45, 2.75) is 6.42 Å². The van der Waals surface area contributed by atoms with Crippen molar-refractivity contribution in [3.63, 3.8) is 0 Å². The minimum absolute atomic E-state index is 0.399. The molecule has 0 saturated heterocycles. The molecule has 0 spiro atoms. The van der Waals surface area contributed by atoms with Crippen LogP contribution in [0.25, 0.3) is 27.8 Å². The SMILES string of the molecule is Clc1ccc(-c2nc3sccn3c2-c2nc(Cc3ccc(Cl)c(Cl)c3)no2)cc1. The number of benzene rings is 2. The van der Waals surface area contributed by atoms with E-state index in [0.717, 1.165) is 27.5 Å². The van der Waals surface area contributed by atoms with E-state index in [-0.39, 0.29) is 0 Å². The molecule has 0 amide bonds. The molecular weight excluding hydrogens is 451 g/mol. The lowest BCUT2D eigenvalue weighted by Gasteiger charge is -2.01. The predicted molar refractivity (Wildman–Crippen MR) is 116 cm³/mol. The van der Waals surface area contributed by atoms with Crippen molar-refractivity contribution in [2.75, 3.05) is 0 Å². The van der Waals surface area contributed by atoms with Crippen LogP contribution in [0.1, 0.15) is 11.4 Å². The van der Waals surface area contributed by atoms with Crippen molar-refractivity contribution in [1.29, 1.82) is 0 Å². The molecule has 29 heavy (non-hydrogen) atoms. The number of nitrogens with zero attached hydrogens (tertiary/aromatic N) is 4. The Bertz CT molecular complexity index is 1320. The third-order valence-electron chi connectivity index (χ3n) is 4.40. The van der Waals surface area contributed by atoms with E-state index in [9.17, 15) is 0 Å². The Labute approximate surface area is 184 Å². The highest BCUT2D eigenvalue weighted by atomic mass is 35.5. The summed E-state index contributed by atoms with van der Waals surface area (Å²) in [5.74, 6) is 0.946. The molecule has 5 aromatic rings. The van der Waals surface area contributed by atoms with Gasteiger partial charge in [-0.05, 0) is 29.8 Å². The van der Waals surface area contributed by atoms with Crippen molar-refractivity contribution in [3.05, 3.63) is 80.5 Å². The first-order valence-corrected chi connectivity index (χ1v) is 10.6. The van der Waals surface area contributed by atoms with E-state index in [2.05, 4.69) is 10.1 Å². The van der Waals surface area contributed by atoms with Crippen molar-refractivity contribution >= 4 is 51.1 Å². The molecule has 5 nitrogen and oxygen atoms in total. The number of halogens is 3. The minimum atomic E-state index is 0.399. The zero-order valence-electron chi connectivity index (χ0n) is 14.6. The minimum Gasteiger partial charge on any atom is -0.332 e. The maximum absolute atomic E-state index is 6.10. The molecule has 0 atom stereocenters. The van der Waals surface area contributed by atoms with Gasteiger partial charge in [-0.15, -0.1) is 11.3 Å². The van der Waals surface area contributed by atoms with Gasteiger partial charge in [-0.3, -0.25) is 4.40 Å². The van der Waals surface area contributed by atoms with Gasteiger partial charge in [0.05, 0.1) is 10.0 Å². The lowest BCUT2D eigenvalue weighted by atomic mass is 10.1. The maximum Gasteiger partial charge on any atom is 0.277 e. The van der Waals surface area contributed by atoms with Crippen molar-refractivity contribution in [2.24, 2.45) is 0 Å². The summed E-state index contributed by atoms with van der Waals surface area (Å²) in [6.07, 6.45) is 2.41. The van der Waals surface area contributed by atoms with Crippen molar-refractivity contribution in [1.82, 2.24) is 19.5 Å². The Morgan fingerprint density at radius 1 is 0.966 bits per heavy atom. The molecule has 0 radical (unpaired) electrons. The second-order valence-electron chi connectivity index (χ2n) is 6.31. The number of rotatable bonds is 4. The second-order valence-corrected chi connectivity index (χ2v) is 8.44. The molecule has 0 N–H and O–H groups in total. The largest absolute Gasteiger partial charge is 0.332 e. The fourth-order valence-electron chi connectivity index (χ4n) is 3.05. The van der Waals surface area contributed by atoms with E-state index in [1.807, 2.05) is 46.3 Å². The molecule has 3 heterocycles. The molecule has 3 aromatic heterocycles. The highest BCUT2D eigenvalue weighted by molar-refractivity contribution is 7.15. The molecule has 0 aliphatic rings. The molecule has 0 saturated carbocycles. The van der Waals surface area contributed by atoms with Gasteiger partial charge >= 0.3 is 0 Å². The smallest absolute Gasteiger partial charge is 0.277 e. The van der Waals surface area contributed by atoms with Crippen LogP contribution in [-0.2, 0) is 6.42 Å². The third-order valence-corrected chi connectivity index (χ3v) is 6.14. The van der Waals surface area contributed by atoms with Gasteiger partial charge < -0.3 is 4.52 Å². The zero-order chi connectivity index (χ0) is 20.0. The van der Waals surface area contributed by atoms with Crippen LogP contribution in [0.3, 0.4) is 0 Å². The zero-order valence-corrected chi connectivity index (χ0v) is 17.7. The molecule has 2 aromatic carbocycles. The van der Waals surface area contributed by atoms with Crippen LogP contribution in [0.2, 0.25) is 15.1 Å². The fourth-order valence-corrected chi connectivity index (χ4v) is 4.21. The topological polar surface area (TPSA) is 56.2 Å². The van der Waals surface area contributed by atoms with Gasteiger partial charge in [0.2, 0.25) is 0 Å². The Morgan fingerprint density at radius 3 is 2.59 bits per heavy atom. The third kappa shape index (κ3) is 3.53. The molecule has 0 aliphatic heterocycles. The van der Waals surface area contributed by atoms with Crippen LogP contribution in [0.4, 0.5) is 0 Å². The first kappa shape index (κ1) is 18.6. The molecule has 5 rings (SSSR count). The summed E-state index contributed by atoms with van der Waals surface area (Å²) in [4.78, 5) is 10.2. The van der Waals surface area contributed by atoms with Gasteiger partial charge in [0.1, 0.15) is 11.4 Å². The summed E-state index contributed by atoms with van der Waals surface area (Å²) < 4.78 is 7.55. The Hall–Kier alpha value is -2.38. The number of aromatic nitrogens is 4. The van der Waals surface area contributed by atoms with E-state index < -0.39 is 0 Å². The fraction of sp³-hybridized carbons (Fsp3) is 0.0500. The van der Waals surface area contributed by atoms with Gasteiger partial charge in [0.15, 0.2) is 10.8 Å². The van der Waals surface area contributed by atoms with E-state index >= 15 is 0 Å². The van der Waals surface area contributed by atoms with E-state index in [4.69, 9.17) is 44.3 Å². The standard InChI is InChI=1S/C20H11Cl3N4OS/c21-13-4-2-12(3-5-13)17-18(27-7-8-29-20(27)25-17)19-24-16(26-28-19)10-11-1-6-14(22)15(23)9-11/h1-9H,10H2. The first-order chi connectivity index (χ1) is 14.1. The van der Waals surface area contributed by atoms with Crippen molar-refractivity contribution < 1.29 is 4.52 Å². The number of imidazole rings is 1. The Kier molecular flexibility index (Phi) is 4.80. The molecule has 0 fully saturated rings. The predicted octanol–water partition coefficient (Wildman–Crippen LogP) is 6.66. The number of hydrogen-bond donors (Lipinski definition) is 0. The average Bonchev–Trinajstić information content (AvgIpc) is 3.41. The first-order valence-electron chi connectivity index (χ1n) is 8.57. The molecule has 144 valence electrons. The summed E-state index contributed by atoms with van der Waals surface area (Å²) in [6, 6.07) is 12.9. The van der Waals surface area contributed by atoms with E-state index in [1.54, 1.807) is 12.1 Å². The van der Waals surface area contributed by atoms with Gasteiger partial charge in [0, 0.05) is 28.6 Å². The van der Waals surface area contributed by atoms with Crippen LogP contribution < -0.4 is 0 Å². The number of hydrogen-bond acceptors (Lipinski definition) is 5. The average molecular weight is 462 g/mol. The van der Waals surface area contributed by atoms with Gasteiger partial charge in [-0.2, -0.15) is 4.98 Å². The second kappa shape index (κ2) is 7.46. The summed E-state index contributed by atoms with van der Waals surface area (Å²) in [6.45, 7) is 0. The molecule has 0 bridgehead atoms. The quantitative estimate of drug-likeness (QED) is 0.300. The van der Waals surface area contributed by atoms with Crippen LogP contribution >= 0.6 is 46.1 Å².